The van der Waals surface area contributed by atoms with Gasteiger partial charge in [0.2, 0.25) is 6.79 Å². The second kappa shape index (κ2) is 6.06. The summed E-state index contributed by atoms with van der Waals surface area (Å²) in [6.07, 6.45) is 7.52. The lowest BCUT2D eigenvalue weighted by atomic mass is 9.95. The van der Waals surface area contributed by atoms with Crippen LogP contribution in [0.2, 0.25) is 0 Å². The third-order valence-corrected chi connectivity index (χ3v) is 5.18. The quantitative estimate of drug-likeness (QED) is 0.917. The summed E-state index contributed by atoms with van der Waals surface area (Å²) in [5.74, 6) is 1.75. The largest absolute Gasteiger partial charge is 0.454 e. The van der Waals surface area contributed by atoms with Gasteiger partial charge >= 0.3 is 0 Å². The van der Waals surface area contributed by atoms with Crippen LogP contribution in [0.15, 0.2) is 18.2 Å². The molecule has 1 aromatic rings. The van der Waals surface area contributed by atoms with Crippen molar-refractivity contribution in [3.8, 4) is 11.5 Å². The van der Waals surface area contributed by atoms with Crippen LogP contribution in [0.5, 0.6) is 11.5 Å². The van der Waals surface area contributed by atoms with Gasteiger partial charge in [0.15, 0.2) is 11.5 Å². The predicted octanol–water partition coefficient (Wildman–Crippen LogP) is 3.18. The first kappa shape index (κ1) is 13.1. The summed E-state index contributed by atoms with van der Waals surface area (Å²) < 4.78 is 10.7. The van der Waals surface area contributed by atoms with Crippen LogP contribution >= 0.6 is 11.8 Å². The van der Waals surface area contributed by atoms with Crippen molar-refractivity contribution in [2.45, 2.75) is 43.5 Å². The second-order valence-electron chi connectivity index (χ2n) is 5.28. The topological polar surface area (TPSA) is 30.5 Å². The average Bonchev–Trinajstić information content (AvgIpc) is 2.93. The van der Waals surface area contributed by atoms with Gasteiger partial charge in [0.1, 0.15) is 0 Å². The van der Waals surface area contributed by atoms with Crippen LogP contribution < -0.4 is 14.8 Å². The van der Waals surface area contributed by atoms with Crippen molar-refractivity contribution in [3.63, 3.8) is 0 Å². The Morgan fingerprint density at radius 3 is 2.74 bits per heavy atom. The summed E-state index contributed by atoms with van der Waals surface area (Å²) >= 11 is 2.02. The molecule has 1 saturated carbocycles. The maximum absolute atomic E-state index is 5.41. The number of benzene rings is 1. The number of ether oxygens (including phenoxy) is 2. The number of thioether (sulfide) groups is 1. The summed E-state index contributed by atoms with van der Waals surface area (Å²) in [5.41, 5.74) is 1.27. The van der Waals surface area contributed by atoms with Gasteiger partial charge in [-0.1, -0.05) is 6.07 Å². The molecule has 104 valence electrons. The summed E-state index contributed by atoms with van der Waals surface area (Å²) in [6, 6.07) is 6.88. The van der Waals surface area contributed by atoms with Crippen molar-refractivity contribution in [3.05, 3.63) is 23.8 Å². The van der Waals surface area contributed by atoms with Crippen LogP contribution in [0.25, 0.3) is 0 Å². The minimum absolute atomic E-state index is 0.352. The fraction of sp³-hybridized carbons (Fsp3) is 0.600. The van der Waals surface area contributed by atoms with Crippen molar-refractivity contribution >= 4 is 11.8 Å². The van der Waals surface area contributed by atoms with Crippen LogP contribution in [0, 0.1) is 0 Å². The average molecular weight is 279 g/mol. The van der Waals surface area contributed by atoms with E-state index in [1.807, 2.05) is 17.8 Å². The van der Waals surface area contributed by atoms with Crippen molar-refractivity contribution in [1.82, 2.24) is 5.32 Å². The molecule has 2 aliphatic rings. The van der Waals surface area contributed by atoms with Crippen LogP contribution in [-0.4, -0.2) is 24.3 Å². The van der Waals surface area contributed by atoms with Crippen LogP contribution in [0.4, 0.5) is 0 Å². The molecule has 0 unspecified atom stereocenters. The molecule has 3 nitrogen and oxygen atoms in total. The molecule has 0 bridgehead atoms. The summed E-state index contributed by atoms with van der Waals surface area (Å²) in [4.78, 5) is 0. The fourth-order valence-corrected chi connectivity index (χ4v) is 3.56. The Kier molecular flexibility index (Phi) is 4.18. The highest BCUT2D eigenvalue weighted by molar-refractivity contribution is 7.99. The standard InChI is InChI=1S/C15H21NO2S/c1-19-13-5-3-12(4-6-13)16-9-11-2-7-14-15(8-11)18-10-17-14/h2,7-8,12-13,16H,3-6,9-10H2,1H3. The van der Waals surface area contributed by atoms with E-state index in [2.05, 4.69) is 23.7 Å². The SMILES string of the molecule is CSC1CCC(NCc2ccc3c(c2)OCO3)CC1. The van der Waals surface area contributed by atoms with Gasteiger partial charge in [-0.05, 0) is 49.6 Å². The van der Waals surface area contributed by atoms with E-state index in [-0.39, 0.29) is 0 Å². The molecule has 0 saturated heterocycles. The molecule has 4 heteroatoms. The van der Waals surface area contributed by atoms with Gasteiger partial charge in [-0.15, -0.1) is 0 Å². The van der Waals surface area contributed by atoms with Gasteiger partial charge in [-0.25, -0.2) is 0 Å². The monoisotopic (exact) mass is 279 g/mol. The Hall–Kier alpha value is -0.870. The Morgan fingerprint density at radius 1 is 1.16 bits per heavy atom. The maximum atomic E-state index is 5.41. The van der Waals surface area contributed by atoms with Gasteiger partial charge in [0.05, 0.1) is 0 Å². The zero-order chi connectivity index (χ0) is 13.1. The summed E-state index contributed by atoms with van der Waals surface area (Å²) in [7, 11) is 0. The molecule has 0 aromatic heterocycles. The van der Waals surface area contributed by atoms with Gasteiger partial charge in [-0.3, -0.25) is 0 Å². The Balaban J connectivity index is 1.50. The molecule has 3 rings (SSSR count). The molecule has 0 radical (unpaired) electrons. The van der Waals surface area contributed by atoms with E-state index in [4.69, 9.17) is 9.47 Å². The molecule has 1 N–H and O–H groups in total. The molecule has 1 heterocycles. The minimum Gasteiger partial charge on any atom is -0.454 e. The lowest BCUT2D eigenvalue weighted by Gasteiger charge is -2.28. The Morgan fingerprint density at radius 2 is 1.95 bits per heavy atom. The van der Waals surface area contributed by atoms with Crippen molar-refractivity contribution in [2.75, 3.05) is 13.0 Å². The molecule has 1 fully saturated rings. The van der Waals surface area contributed by atoms with E-state index in [1.165, 1.54) is 31.2 Å². The third-order valence-electron chi connectivity index (χ3n) is 4.04. The number of rotatable bonds is 4. The molecule has 0 spiro atoms. The van der Waals surface area contributed by atoms with Crippen LogP contribution in [0.1, 0.15) is 31.2 Å². The van der Waals surface area contributed by atoms with Gasteiger partial charge < -0.3 is 14.8 Å². The molecule has 1 aliphatic heterocycles. The van der Waals surface area contributed by atoms with E-state index < -0.39 is 0 Å². The van der Waals surface area contributed by atoms with Crippen molar-refractivity contribution in [1.29, 1.82) is 0 Å². The highest BCUT2D eigenvalue weighted by Gasteiger charge is 2.20. The zero-order valence-electron chi connectivity index (χ0n) is 11.4. The number of fused-ring (bicyclic) bond motifs is 1. The number of nitrogens with one attached hydrogen (secondary N) is 1. The first-order chi connectivity index (χ1) is 9.35. The third kappa shape index (κ3) is 3.18. The Bertz CT molecular complexity index is 430. The molecule has 1 aromatic carbocycles. The van der Waals surface area contributed by atoms with E-state index in [1.54, 1.807) is 0 Å². The van der Waals surface area contributed by atoms with Gasteiger partial charge in [0.25, 0.3) is 0 Å². The minimum atomic E-state index is 0.352. The molecular formula is C15H21NO2S. The molecular weight excluding hydrogens is 258 g/mol. The zero-order valence-corrected chi connectivity index (χ0v) is 12.2. The fourth-order valence-electron chi connectivity index (χ4n) is 2.82. The van der Waals surface area contributed by atoms with E-state index in [0.29, 0.717) is 12.8 Å². The summed E-state index contributed by atoms with van der Waals surface area (Å²) in [6.45, 7) is 1.27. The first-order valence-corrected chi connectivity index (χ1v) is 8.28. The van der Waals surface area contributed by atoms with Crippen LogP contribution in [0.3, 0.4) is 0 Å². The first-order valence-electron chi connectivity index (χ1n) is 7.00. The van der Waals surface area contributed by atoms with E-state index in [0.717, 1.165) is 23.3 Å². The highest BCUT2D eigenvalue weighted by atomic mass is 32.2. The smallest absolute Gasteiger partial charge is 0.231 e. The van der Waals surface area contributed by atoms with Gasteiger partial charge in [-0.2, -0.15) is 11.8 Å². The molecule has 0 amide bonds. The normalized spacial score (nSPS) is 25.5. The van der Waals surface area contributed by atoms with Crippen molar-refractivity contribution < 1.29 is 9.47 Å². The summed E-state index contributed by atoms with van der Waals surface area (Å²) in [5, 5.41) is 4.55. The highest BCUT2D eigenvalue weighted by Crippen LogP contribution is 2.32. The molecule has 1 aliphatic carbocycles. The van der Waals surface area contributed by atoms with E-state index >= 15 is 0 Å². The van der Waals surface area contributed by atoms with E-state index in [9.17, 15) is 0 Å². The number of hydrogen-bond donors (Lipinski definition) is 1. The molecule has 0 atom stereocenters. The number of hydrogen-bond acceptors (Lipinski definition) is 4. The van der Waals surface area contributed by atoms with Crippen molar-refractivity contribution in [2.24, 2.45) is 0 Å². The predicted molar refractivity (Wildman–Crippen MR) is 79.0 cm³/mol. The van der Waals surface area contributed by atoms with Gasteiger partial charge in [0, 0.05) is 17.8 Å². The maximum Gasteiger partial charge on any atom is 0.231 e. The Labute approximate surface area is 119 Å². The molecule has 19 heavy (non-hydrogen) atoms. The lowest BCUT2D eigenvalue weighted by molar-refractivity contribution is 0.174. The second-order valence-corrected chi connectivity index (χ2v) is 6.42. The van der Waals surface area contributed by atoms with Crippen LogP contribution in [-0.2, 0) is 6.54 Å². The lowest BCUT2D eigenvalue weighted by Crippen LogP contribution is -2.33.